The zero-order chi connectivity index (χ0) is 19.6. The molecule has 0 atom stereocenters. The molecule has 0 aromatic heterocycles. The molecule has 0 spiro atoms. The van der Waals surface area contributed by atoms with Crippen LogP contribution in [0, 0.1) is 6.92 Å². The number of carbonyl (C=O) groups excluding carboxylic acids is 1. The summed E-state index contributed by atoms with van der Waals surface area (Å²) in [5.74, 6) is -0.562. The van der Waals surface area contributed by atoms with Gasteiger partial charge in [0, 0.05) is 37.4 Å². The number of halogens is 3. The SMILES string of the molecule is Cc1ccc(C(=O)Nc2ccc(N3CCN(C)CC3)cc2C(F)(F)F)cc1. The number of nitrogens with zero attached hydrogens (tertiary/aromatic N) is 2. The molecule has 1 fully saturated rings. The minimum absolute atomic E-state index is 0.231. The first-order valence-corrected chi connectivity index (χ1v) is 8.77. The molecule has 2 aromatic rings. The Hall–Kier alpha value is -2.54. The quantitative estimate of drug-likeness (QED) is 0.878. The van der Waals surface area contributed by atoms with Gasteiger partial charge in [-0.1, -0.05) is 17.7 Å². The smallest absolute Gasteiger partial charge is 0.369 e. The Morgan fingerprint density at radius 2 is 1.63 bits per heavy atom. The lowest BCUT2D eigenvalue weighted by Gasteiger charge is -2.34. The number of nitrogens with one attached hydrogen (secondary N) is 1. The summed E-state index contributed by atoms with van der Waals surface area (Å²) in [6, 6.07) is 10.8. The summed E-state index contributed by atoms with van der Waals surface area (Å²) >= 11 is 0. The Labute approximate surface area is 156 Å². The lowest BCUT2D eigenvalue weighted by molar-refractivity contribution is -0.136. The van der Waals surface area contributed by atoms with Gasteiger partial charge in [0.15, 0.2) is 0 Å². The van der Waals surface area contributed by atoms with Crippen LogP contribution >= 0.6 is 0 Å². The van der Waals surface area contributed by atoms with Gasteiger partial charge in [-0.25, -0.2) is 0 Å². The van der Waals surface area contributed by atoms with Crippen LogP contribution in [0.1, 0.15) is 21.5 Å². The highest BCUT2D eigenvalue weighted by atomic mass is 19.4. The van der Waals surface area contributed by atoms with E-state index >= 15 is 0 Å². The topological polar surface area (TPSA) is 35.6 Å². The maximum atomic E-state index is 13.6. The Kier molecular flexibility index (Phi) is 5.41. The summed E-state index contributed by atoms with van der Waals surface area (Å²) < 4.78 is 40.8. The molecule has 0 unspecified atom stereocenters. The van der Waals surface area contributed by atoms with Gasteiger partial charge in [-0.2, -0.15) is 13.2 Å². The Morgan fingerprint density at radius 1 is 1.00 bits per heavy atom. The van der Waals surface area contributed by atoms with Crippen molar-refractivity contribution in [2.75, 3.05) is 43.4 Å². The number of piperazine rings is 1. The third-order valence-corrected chi connectivity index (χ3v) is 4.74. The van der Waals surface area contributed by atoms with Gasteiger partial charge >= 0.3 is 6.18 Å². The first kappa shape index (κ1) is 19.2. The van der Waals surface area contributed by atoms with Crippen LogP contribution in [0.25, 0.3) is 0 Å². The highest BCUT2D eigenvalue weighted by Crippen LogP contribution is 2.37. The Balaban J connectivity index is 1.86. The van der Waals surface area contributed by atoms with Crippen LogP contribution in [-0.4, -0.2) is 44.0 Å². The fourth-order valence-corrected chi connectivity index (χ4v) is 3.04. The number of rotatable bonds is 3. The molecule has 1 amide bonds. The van der Waals surface area contributed by atoms with Crippen molar-refractivity contribution in [1.29, 1.82) is 0 Å². The Bertz CT molecular complexity index is 810. The number of hydrogen-bond donors (Lipinski definition) is 1. The van der Waals surface area contributed by atoms with Crippen LogP contribution in [0.4, 0.5) is 24.5 Å². The second-order valence-corrected chi connectivity index (χ2v) is 6.84. The number of alkyl halides is 3. The molecule has 0 bridgehead atoms. The van der Waals surface area contributed by atoms with Crippen molar-refractivity contribution in [3.63, 3.8) is 0 Å². The Morgan fingerprint density at radius 3 is 2.22 bits per heavy atom. The van der Waals surface area contributed by atoms with E-state index in [1.807, 2.05) is 18.9 Å². The van der Waals surface area contributed by atoms with E-state index in [9.17, 15) is 18.0 Å². The molecule has 144 valence electrons. The molecular weight excluding hydrogens is 355 g/mol. The first-order chi connectivity index (χ1) is 12.7. The first-order valence-electron chi connectivity index (χ1n) is 8.77. The fraction of sp³-hybridized carbons (Fsp3) is 0.350. The zero-order valence-electron chi connectivity index (χ0n) is 15.3. The molecular formula is C20H22F3N3O. The van der Waals surface area contributed by atoms with Gasteiger partial charge in [0.1, 0.15) is 0 Å². The summed E-state index contributed by atoms with van der Waals surface area (Å²) in [6.07, 6.45) is -4.56. The number of carbonyl (C=O) groups is 1. The van der Waals surface area contributed by atoms with Crippen molar-refractivity contribution in [3.05, 3.63) is 59.2 Å². The van der Waals surface area contributed by atoms with E-state index in [0.29, 0.717) is 24.3 Å². The maximum Gasteiger partial charge on any atom is 0.418 e. The van der Waals surface area contributed by atoms with Crippen molar-refractivity contribution >= 4 is 17.3 Å². The minimum Gasteiger partial charge on any atom is -0.369 e. The van der Waals surface area contributed by atoms with E-state index in [0.717, 1.165) is 24.7 Å². The molecule has 2 aromatic carbocycles. The molecule has 1 N–H and O–H groups in total. The minimum atomic E-state index is -4.56. The molecule has 0 aliphatic carbocycles. The van der Waals surface area contributed by atoms with Gasteiger partial charge in [0.05, 0.1) is 11.3 Å². The van der Waals surface area contributed by atoms with Crippen LogP contribution < -0.4 is 10.2 Å². The van der Waals surface area contributed by atoms with E-state index in [2.05, 4.69) is 10.2 Å². The third-order valence-electron chi connectivity index (χ3n) is 4.74. The van der Waals surface area contributed by atoms with E-state index in [4.69, 9.17) is 0 Å². The standard InChI is InChI=1S/C20H22F3N3O/c1-14-3-5-15(6-4-14)19(27)24-18-8-7-16(13-17(18)20(21,22)23)26-11-9-25(2)10-12-26/h3-8,13H,9-12H2,1-2H3,(H,24,27). The maximum absolute atomic E-state index is 13.6. The van der Waals surface area contributed by atoms with Gasteiger partial charge in [0.25, 0.3) is 5.91 Å². The summed E-state index contributed by atoms with van der Waals surface area (Å²) in [4.78, 5) is 16.4. The number of benzene rings is 2. The number of likely N-dealkylation sites (N-methyl/N-ethyl adjacent to an activating group) is 1. The van der Waals surface area contributed by atoms with Crippen molar-refractivity contribution in [2.24, 2.45) is 0 Å². The van der Waals surface area contributed by atoms with Gasteiger partial charge in [-0.05, 0) is 44.3 Å². The van der Waals surface area contributed by atoms with E-state index in [1.165, 1.54) is 6.07 Å². The summed E-state index contributed by atoms with van der Waals surface area (Å²) in [5.41, 5.74) is 0.741. The number of aryl methyl sites for hydroxylation is 1. The molecule has 1 aliphatic rings. The van der Waals surface area contributed by atoms with Crippen molar-refractivity contribution < 1.29 is 18.0 Å². The van der Waals surface area contributed by atoms with E-state index in [1.54, 1.807) is 30.3 Å². The van der Waals surface area contributed by atoms with Crippen LogP contribution in [0.5, 0.6) is 0 Å². The predicted molar refractivity (Wildman–Crippen MR) is 100 cm³/mol. The third kappa shape index (κ3) is 4.60. The number of hydrogen-bond acceptors (Lipinski definition) is 3. The summed E-state index contributed by atoms with van der Waals surface area (Å²) in [6.45, 7) is 4.81. The lowest BCUT2D eigenvalue weighted by Crippen LogP contribution is -2.44. The molecule has 27 heavy (non-hydrogen) atoms. The molecule has 1 saturated heterocycles. The fourth-order valence-electron chi connectivity index (χ4n) is 3.04. The molecule has 7 heteroatoms. The van der Waals surface area contributed by atoms with Crippen LogP contribution in [-0.2, 0) is 6.18 Å². The van der Waals surface area contributed by atoms with E-state index < -0.39 is 17.6 Å². The van der Waals surface area contributed by atoms with E-state index in [-0.39, 0.29) is 5.69 Å². The van der Waals surface area contributed by atoms with Crippen LogP contribution in [0.2, 0.25) is 0 Å². The molecule has 0 saturated carbocycles. The average molecular weight is 377 g/mol. The van der Waals surface area contributed by atoms with Crippen molar-refractivity contribution in [1.82, 2.24) is 4.90 Å². The van der Waals surface area contributed by atoms with Gasteiger partial charge in [-0.3, -0.25) is 4.79 Å². The highest BCUT2D eigenvalue weighted by Gasteiger charge is 2.35. The molecule has 1 aliphatic heterocycles. The lowest BCUT2D eigenvalue weighted by atomic mass is 10.1. The largest absolute Gasteiger partial charge is 0.418 e. The van der Waals surface area contributed by atoms with Gasteiger partial charge < -0.3 is 15.1 Å². The predicted octanol–water partition coefficient (Wildman–Crippen LogP) is 4.02. The molecule has 3 rings (SSSR count). The highest BCUT2D eigenvalue weighted by molar-refractivity contribution is 6.04. The normalized spacial score (nSPS) is 15.7. The van der Waals surface area contributed by atoms with Crippen molar-refractivity contribution in [3.8, 4) is 0 Å². The van der Waals surface area contributed by atoms with Crippen LogP contribution in [0.15, 0.2) is 42.5 Å². The summed E-state index contributed by atoms with van der Waals surface area (Å²) in [5, 5.41) is 2.40. The number of anilines is 2. The monoisotopic (exact) mass is 377 g/mol. The van der Waals surface area contributed by atoms with Crippen LogP contribution in [0.3, 0.4) is 0 Å². The molecule has 4 nitrogen and oxygen atoms in total. The molecule has 0 radical (unpaired) electrons. The summed E-state index contributed by atoms with van der Waals surface area (Å²) in [7, 11) is 1.99. The number of amides is 1. The average Bonchev–Trinajstić information content (AvgIpc) is 2.62. The van der Waals surface area contributed by atoms with Gasteiger partial charge in [0.2, 0.25) is 0 Å². The van der Waals surface area contributed by atoms with Crippen molar-refractivity contribution in [2.45, 2.75) is 13.1 Å². The zero-order valence-corrected chi connectivity index (χ0v) is 15.3. The van der Waals surface area contributed by atoms with Gasteiger partial charge in [-0.15, -0.1) is 0 Å². The second-order valence-electron chi connectivity index (χ2n) is 6.84. The molecule has 1 heterocycles. The second kappa shape index (κ2) is 7.60.